The number of hydrogen-bond acceptors (Lipinski definition) is 3. The van der Waals surface area contributed by atoms with Gasteiger partial charge < -0.3 is 14.3 Å². The maximum Gasteiger partial charge on any atom is 0.359 e. The van der Waals surface area contributed by atoms with Crippen LogP contribution >= 0.6 is 0 Å². The molecule has 264 valence electrons. The fraction of sp³-hybridized carbons (Fsp3) is 0.850. The number of unbranched alkanes of at least 4 members (excludes halogenated alkanes) is 21. The molecule has 0 aromatic carbocycles. The van der Waals surface area contributed by atoms with Gasteiger partial charge in [0.2, 0.25) is 0 Å². The Morgan fingerprint density at radius 1 is 0.600 bits per heavy atom. The standard InChI is InChI=1S/C40H75NO4/c1-5-7-9-11-13-15-17-19-21-23-25-27-29-31-33-35-40(44)45-38(36-41(3,4)37-39(42)43)34-32-30-28-26-24-22-20-18-16-14-12-10-8-6-2/h13,15,19,21,38H,5-12,14,16-18,20,22-37H2,1-4H3/p+1/b15-13-,21-19-. The zero-order valence-electron chi connectivity index (χ0n) is 30.5. The first kappa shape index (κ1) is 43.4. The van der Waals surface area contributed by atoms with E-state index >= 15 is 0 Å². The molecular formula is C40H76NO4+. The van der Waals surface area contributed by atoms with Gasteiger partial charge in [-0.2, -0.15) is 0 Å². The van der Waals surface area contributed by atoms with Gasteiger partial charge >= 0.3 is 11.9 Å². The Morgan fingerprint density at radius 3 is 1.53 bits per heavy atom. The van der Waals surface area contributed by atoms with Gasteiger partial charge in [0.05, 0.1) is 14.1 Å². The molecule has 1 atom stereocenters. The van der Waals surface area contributed by atoms with E-state index in [0.29, 0.717) is 17.4 Å². The molecule has 0 aromatic rings. The van der Waals surface area contributed by atoms with E-state index in [4.69, 9.17) is 4.74 Å². The Morgan fingerprint density at radius 2 is 1.02 bits per heavy atom. The molecule has 0 bridgehead atoms. The largest absolute Gasteiger partial charge is 0.477 e. The zero-order chi connectivity index (χ0) is 33.3. The van der Waals surface area contributed by atoms with Gasteiger partial charge in [-0.25, -0.2) is 4.79 Å². The maximum atomic E-state index is 12.7. The summed E-state index contributed by atoms with van der Waals surface area (Å²) in [6.45, 7) is 5.11. The first-order valence-electron chi connectivity index (χ1n) is 19.3. The molecule has 0 aliphatic rings. The second kappa shape index (κ2) is 32.3. The minimum Gasteiger partial charge on any atom is -0.477 e. The van der Waals surface area contributed by atoms with Gasteiger partial charge in [0, 0.05) is 6.42 Å². The summed E-state index contributed by atoms with van der Waals surface area (Å²) >= 11 is 0. The van der Waals surface area contributed by atoms with Crippen molar-refractivity contribution >= 4 is 11.9 Å². The van der Waals surface area contributed by atoms with Gasteiger partial charge in [0.25, 0.3) is 0 Å². The molecule has 0 saturated heterocycles. The quantitative estimate of drug-likeness (QED) is 0.0331. The summed E-state index contributed by atoms with van der Waals surface area (Å²) in [5.41, 5.74) is 0. The Balaban J connectivity index is 4.09. The lowest BCUT2D eigenvalue weighted by molar-refractivity contribution is -0.886. The highest BCUT2D eigenvalue weighted by Crippen LogP contribution is 2.17. The van der Waals surface area contributed by atoms with Gasteiger partial charge in [0.15, 0.2) is 12.6 Å². The van der Waals surface area contributed by atoms with Crippen LogP contribution in [0.4, 0.5) is 0 Å². The number of ether oxygens (including phenoxy) is 1. The van der Waals surface area contributed by atoms with E-state index in [1.165, 1.54) is 116 Å². The number of allylic oxidation sites excluding steroid dienone is 4. The fourth-order valence-corrected chi connectivity index (χ4v) is 6.06. The predicted molar refractivity (Wildman–Crippen MR) is 194 cm³/mol. The number of carbonyl (C=O) groups excluding carboxylic acids is 1. The van der Waals surface area contributed by atoms with Crippen molar-refractivity contribution in [2.75, 3.05) is 27.2 Å². The number of carbonyl (C=O) groups is 2. The van der Waals surface area contributed by atoms with Crippen LogP contribution in [0.15, 0.2) is 24.3 Å². The van der Waals surface area contributed by atoms with Gasteiger partial charge in [-0.05, 0) is 51.4 Å². The lowest BCUT2D eigenvalue weighted by atomic mass is 10.0. The highest BCUT2D eigenvalue weighted by molar-refractivity contribution is 5.69. The molecule has 0 radical (unpaired) electrons. The average Bonchev–Trinajstić information content (AvgIpc) is 2.98. The van der Waals surface area contributed by atoms with Crippen molar-refractivity contribution in [3.8, 4) is 0 Å². The number of likely N-dealkylation sites (N-methyl/N-ethyl adjacent to an activating group) is 1. The summed E-state index contributed by atoms with van der Waals surface area (Å²) < 4.78 is 6.27. The van der Waals surface area contributed by atoms with Gasteiger partial charge in [0.1, 0.15) is 6.54 Å². The number of esters is 1. The lowest BCUT2D eigenvalue weighted by Crippen LogP contribution is -2.49. The number of aliphatic carboxylic acids is 1. The number of rotatable bonds is 34. The zero-order valence-corrected chi connectivity index (χ0v) is 30.5. The van der Waals surface area contributed by atoms with Crippen molar-refractivity contribution in [3.05, 3.63) is 24.3 Å². The number of carboxylic acid groups (broad SMARTS) is 1. The molecule has 0 spiro atoms. The van der Waals surface area contributed by atoms with E-state index in [2.05, 4.69) is 38.2 Å². The maximum absolute atomic E-state index is 12.7. The summed E-state index contributed by atoms with van der Waals surface area (Å²) in [7, 11) is 3.83. The van der Waals surface area contributed by atoms with Crippen molar-refractivity contribution in [2.24, 2.45) is 0 Å². The summed E-state index contributed by atoms with van der Waals surface area (Å²) in [5, 5.41) is 9.32. The van der Waals surface area contributed by atoms with Crippen LogP contribution in [0.3, 0.4) is 0 Å². The molecule has 0 aliphatic carbocycles. The van der Waals surface area contributed by atoms with Gasteiger partial charge in [-0.3, -0.25) is 4.79 Å². The normalized spacial score (nSPS) is 12.8. The number of quaternary nitrogens is 1. The van der Waals surface area contributed by atoms with Crippen molar-refractivity contribution in [1.29, 1.82) is 0 Å². The summed E-state index contributed by atoms with van der Waals surface area (Å²) in [6.07, 6.45) is 41.5. The van der Waals surface area contributed by atoms with E-state index in [0.717, 1.165) is 51.4 Å². The highest BCUT2D eigenvalue weighted by Gasteiger charge is 2.27. The molecule has 1 unspecified atom stereocenters. The first-order chi connectivity index (χ1) is 21.8. The minimum absolute atomic E-state index is 0.0394. The van der Waals surface area contributed by atoms with Crippen molar-refractivity contribution in [1.82, 2.24) is 0 Å². The SMILES string of the molecule is CCCCC/C=C\C/C=C\CCCCCCCC(=O)OC(CCCCCCCCCCCCCCCC)C[N+](C)(C)CC(=O)O. The first-order valence-corrected chi connectivity index (χ1v) is 19.3. The van der Waals surface area contributed by atoms with E-state index < -0.39 is 5.97 Å². The molecule has 0 fully saturated rings. The summed E-state index contributed by atoms with van der Waals surface area (Å²) in [6, 6.07) is 0. The second-order valence-electron chi connectivity index (χ2n) is 14.1. The van der Waals surface area contributed by atoms with Gasteiger partial charge in [-0.15, -0.1) is 0 Å². The number of carboxylic acids is 1. The third kappa shape index (κ3) is 33.6. The Kier molecular flexibility index (Phi) is 31.2. The summed E-state index contributed by atoms with van der Waals surface area (Å²) in [5.74, 6) is -0.932. The van der Waals surface area contributed by atoms with Crippen molar-refractivity contribution in [3.63, 3.8) is 0 Å². The monoisotopic (exact) mass is 635 g/mol. The van der Waals surface area contributed by atoms with E-state index in [-0.39, 0.29) is 18.6 Å². The molecule has 5 nitrogen and oxygen atoms in total. The van der Waals surface area contributed by atoms with Crippen LogP contribution in [-0.4, -0.2) is 54.8 Å². The molecule has 0 saturated carbocycles. The molecule has 0 aliphatic heterocycles. The van der Waals surface area contributed by atoms with Crippen LogP contribution in [0, 0.1) is 0 Å². The van der Waals surface area contributed by atoms with Crippen LogP contribution in [0.2, 0.25) is 0 Å². The smallest absolute Gasteiger partial charge is 0.359 e. The molecule has 1 N–H and O–H groups in total. The molecular weight excluding hydrogens is 558 g/mol. The minimum atomic E-state index is -0.813. The van der Waals surface area contributed by atoms with Crippen LogP contribution in [-0.2, 0) is 14.3 Å². The number of hydrogen-bond donors (Lipinski definition) is 1. The van der Waals surface area contributed by atoms with E-state index in [9.17, 15) is 14.7 Å². The van der Waals surface area contributed by atoms with Gasteiger partial charge in [-0.1, -0.05) is 154 Å². The van der Waals surface area contributed by atoms with E-state index in [1.807, 2.05) is 14.1 Å². The van der Waals surface area contributed by atoms with Crippen molar-refractivity contribution in [2.45, 2.75) is 193 Å². The molecule has 0 rings (SSSR count). The summed E-state index contributed by atoms with van der Waals surface area (Å²) in [4.78, 5) is 24.0. The Labute approximate surface area is 280 Å². The Hall–Kier alpha value is -1.62. The molecule has 45 heavy (non-hydrogen) atoms. The fourth-order valence-electron chi connectivity index (χ4n) is 6.06. The van der Waals surface area contributed by atoms with Crippen LogP contribution < -0.4 is 0 Å². The third-order valence-electron chi connectivity index (χ3n) is 8.77. The van der Waals surface area contributed by atoms with Crippen molar-refractivity contribution < 1.29 is 23.9 Å². The van der Waals surface area contributed by atoms with Crippen LogP contribution in [0.25, 0.3) is 0 Å². The molecule has 5 heteroatoms. The second-order valence-corrected chi connectivity index (χ2v) is 14.1. The predicted octanol–water partition coefficient (Wildman–Crippen LogP) is 11.7. The average molecular weight is 635 g/mol. The molecule has 0 amide bonds. The Bertz CT molecular complexity index is 730. The van der Waals surface area contributed by atoms with Crippen LogP contribution in [0.1, 0.15) is 187 Å². The molecule has 0 heterocycles. The topological polar surface area (TPSA) is 63.6 Å². The van der Waals surface area contributed by atoms with E-state index in [1.54, 1.807) is 0 Å². The number of nitrogens with zero attached hydrogens (tertiary/aromatic N) is 1. The highest BCUT2D eigenvalue weighted by atomic mass is 16.5. The molecule has 0 aromatic heterocycles. The van der Waals surface area contributed by atoms with Crippen LogP contribution in [0.5, 0.6) is 0 Å². The third-order valence-corrected chi connectivity index (χ3v) is 8.77. The lowest BCUT2D eigenvalue weighted by Gasteiger charge is -2.31.